The van der Waals surface area contributed by atoms with Gasteiger partial charge in [-0.3, -0.25) is 4.79 Å². The molecule has 0 fully saturated rings. The predicted molar refractivity (Wildman–Crippen MR) is 174 cm³/mol. The maximum absolute atomic E-state index is 13.5. The standard InChI is InChI=1S/C32H36ClN5O7S/c1-20-17-38(21(2)19-39)31(40)14-23-13-25(36-32(41)35-24-7-5-22(16-34)6-8-24)9-11-28(23)45-30(20)18-37(3)46(42,43)26-10-12-29(44-4)27(33)15-26/h5-13,15,20-21,30,39H,14,17-19H2,1-4H3,(H2,35,36,41)/t20-,21-,30-/m0/s1. The largest absolute Gasteiger partial charge is 0.495 e. The Morgan fingerprint density at radius 2 is 1.85 bits per heavy atom. The SMILES string of the molecule is COc1ccc(S(=O)(=O)N(C)C[C@@H]2Oc3ccc(NC(=O)Nc4ccc(C#N)cc4)cc3CC(=O)N([C@@H](C)CO)C[C@@H]2C)cc1Cl. The third-order valence-electron chi connectivity index (χ3n) is 7.71. The fraction of sp³-hybridized carbons (Fsp3) is 0.344. The number of fused-ring (bicyclic) bond motifs is 1. The van der Waals surface area contributed by atoms with Crippen molar-refractivity contribution in [2.75, 3.05) is 44.5 Å². The van der Waals surface area contributed by atoms with Crippen LogP contribution >= 0.6 is 11.6 Å². The molecule has 1 aliphatic rings. The first-order chi connectivity index (χ1) is 21.9. The number of nitriles is 1. The van der Waals surface area contributed by atoms with Crippen LogP contribution in [0.2, 0.25) is 5.02 Å². The van der Waals surface area contributed by atoms with Gasteiger partial charge in [0.05, 0.1) is 54.3 Å². The van der Waals surface area contributed by atoms with E-state index in [2.05, 4.69) is 10.6 Å². The molecule has 12 nitrogen and oxygen atoms in total. The minimum atomic E-state index is -3.99. The lowest BCUT2D eigenvalue weighted by atomic mass is 10.0. The van der Waals surface area contributed by atoms with Gasteiger partial charge >= 0.3 is 6.03 Å². The molecule has 0 bridgehead atoms. The van der Waals surface area contributed by atoms with Crippen molar-refractivity contribution < 1.29 is 32.6 Å². The summed E-state index contributed by atoms with van der Waals surface area (Å²) in [6.07, 6.45) is -0.783. The zero-order valence-electron chi connectivity index (χ0n) is 25.9. The molecule has 3 amide bonds. The first-order valence-electron chi connectivity index (χ1n) is 14.4. The number of ether oxygens (including phenoxy) is 2. The van der Waals surface area contributed by atoms with E-state index in [0.29, 0.717) is 34.0 Å². The number of nitrogens with zero attached hydrogens (tertiary/aromatic N) is 3. The van der Waals surface area contributed by atoms with Crippen LogP contribution in [0.4, 0.5) is 16.2 Å². The van der Waals surface area contributed by atoms with E-state index < -0.39 is 28.2 Å². The Hall–Kier alpha value is -4.35. The van der Waals surface area contributed by atoms with Crippen LogP contribution in [0, 0.1) is 17.2 Å². The van der Waals surface area contributed by atoms with Crippen LogP contribution < -0.4 is 20.1 Å². The normalized spacial score (nSPS) is 17.4. The minimum Gasteiger partial charge on any atom is -0.495 e. The number of amides is 3. The number of halogens is 1. The van der Waals surface area contributed by atoms with E-state index in [-0.39, 0.29) is 47.9 Å². The summed E-state index contributed by atoms with van der Waals surface area (Å²) < 4.78 is 39.8. The van der Waals surface area contributed by atoms with Crippen LogP contribution in [0.15, 0.2) is 65.6 Å². The van der Waals surface area contributed by atoms with Gasteiger partial charge in [0.25, 0.3) is 0 Å². The number of rotatable bonds is 9. The number of anilines is 2. The zero-order chi connectivity index (χ0) is 33.6. The van der Waals surface area contributed by atoms with Crippen molar-refractivity contribution in [2.24, 2.45) is 5.92 Å². The van der Waals surface area contributed by atoms with E-state index >= 15 is 0 Å². The number of urea groups is 1. The molecule has 0 radical (unpaired) electrons. The molecule has 0 saturated heterocycles. The van der Waals surface area contributed by atoms with Crippen LogP contribution in [-0.2, 0) is 21.2 Å². The fourth-order valence-corrected chi connectivity index (χ4v) is 6.52. The Morgan fingerprint density at radius 1 is 1.17 bits per heavy atom. The van der Waals surface area contributed by atoms with Crippen molar-refractivity contribution in [1.29, 1.82) is 5.26 Å². The van der Waals surface area contributed by atoms with Gasteiger partial charge in [-0.25, -0.2) is 13.2 Å². The summed E-state index contributed by atoms with van der Waals surface area (Å²) in [6, 6.07) is 16.4. The molecule has 0 aliphatic carbocycles. The summed E-state index contributed by atoms with van der Waals surface area (Å²) in [5, 5.41) is 24.5. The molecule has 0 spiro atoms. The molecule has 1 heterocycles. The third kappa shape index (κ3) is 8.07. The highest BCUT2D eigenvalue weighted by molar-refractivity contribution is 7.89. The van der Waals surface area contributed by atoms with E-state index in [1.54, 1.807) is 54.3 Å². The van der Waals surface area contributed by atoms with Crippen LogP contribution in [0.1, 0.15) is 25.0 Å². The summed E-state index contributed by atoms with van der Waals surface area (Å²) in [4.78, 5) is 27.8. The van der Waals surface area contributed by atoms with E-state index in [1.807, 2.05) is 13.0 Å². The molecule has 0 saturated carbocycles. The van der Waals surface area contributed by atoms with Gasteiger partial charge in [-0.05, 0) is 67.6 Å². The van der Waals surface area contributed by atoms with E-state index in [9.17, 15) is 23.1 Å². The van der Waals surface area contributed by atoms with Crippen LogP contribution in [0.5, 0.6) is 11.5 Å². The number of aliphatic hydroxyl groups is 1. The molecule has 0 unspecified atom stereocenters. The van der Waals surface area contributed by atoms with Gasteiger partial charge in [-0.15, -0.1) is 0 Å². The Bertz CT molecular complexity index is 1730. The smallest absolute Gasteiger partial charge is 0.323 e. The number of carbonyl (C=O) groups is 2. The lowest BCUT2D eigenvalue weighted by Crippen LogP contribution is -2.48. The number of aliphatic hydroxyl groups excluding tert-OH is 1. The second kappa shape index (κ2) is 14.8. The first-order valence-corrected chi connectivity index (χ1v) is 16.3. The third-order valence-corrected chi connectivity index (χ3v) is 9.83. The summed E-state index contributed by atoms with van der Waals surface area (Å²) >= 11 is 6.21. The van der Waals surface area contributed by atoms with Crippen molar-refractivity contribution in [3.05, 3.63) is 76.8 Å². The van der Waals surface area contributed by atoms with Crippen molar-refractivity contribution in [3.8, 4) is 17.6 Å². The van der Waals surface area contributed by atoms with E-state index in [4.69, 9.17) is 26.3 Å². The number of nitrogens with one attached hydrogen (secondary N) is 2. The van der Waals surface area contributed by atoms with Crippen LogP contribution in [-0.4, -0.2) is 80.7 Å². The molecule has 3 aromatic carbocycles. The Labute approximate surface area is 273 Å². The van der Waals surface area contributed by atoms with Gasteiger partial charge in [-0.2, -0.15) is 9.57 Å². The number of benzene rings is 3. The number of carbonyl (C=O) groups excluding carboxylic acids is 2. The van der Waals surface area contributed by atoms with Gasteiger partial charge in [0.2, 0.25) is 15.9 Å². The molecule has 3 atom stereocenters. The predicted octanol–water partition coefficient (Wildman–Crippen LogP) is 4.33. The number of methoxy groups -OCH3 is 1. The molecule has 46 heavy (non-hydrogen) atoms. The highest BCUT2D eigenvalue weighted by atomic mass is 35.5. The molecule has 3 aromatic rings. The van der Waals surface area contributed by atoms with Crippen LogP contribution in [0.25, 0.3) is 0 Å². The Balaban J connectivity index is 1.61. The molecular formula is C32H36ClN5O7S. The second-order valence-electron chi connectivity index (χ2n) is 11.1. The molecule has 1 aliphatic heterocycles. The van der Waals surface area contributed by atoms with Gasteiger partial charge in [0, 0.05) is 36.4 Å². The molecular weight excluding hydrogens is 634 g/mol. The monoisotopic (exact) mass is 669 g/mol. The Kier molecular flexibility index (Phi) is 11.1. The Morgan fingerprint density at radius 3 is 2.48 bits per heavy atom. The second-order valence-corrected chi connectivity index (χ2v) is 13.5. The average molecular weight is 670 g/mol. The molecule has 3 N–H and O–H groups in total. The van der Waals surface area contributed by atoms with E-state index in [0.717, 1.165) is 0 Å². The summed E-state index contributed by atoms with van der Waals surface area (Å²) in [5.74, 6) is 0.0976. The zero-order valence-corrected chi connectivity index (χ0v) is 27.4. The molecule has 14 heteroatoms. The van der Waals surface area contributed by atoms with Crippen molar-refractivity contribution in [1.82, 2.24) is 9.21 Å². The fourth-order valence-electron chi connectivity index (χ4n) is 4.99. The van der Waals surface area contributed by atoms with Crippen molar-refractivity contribution in [3.63, 3.8) is 0 Å². The van der Waals surface area contributed by atoms with Crippen molar-refractivity contribution >= 4 is 44.9 Å². The lowest BCUT2D eigenvalue weighted by Gasteiger charge is -2.34. The highest BCUT2D eigenvalue weighted by Gasteiger charge is 2.33. The van der Waals surface area contributed by atoms with Gasteiger partial charge in [0.1, 0.15) is 17.6 Å². The maximum Gasteiger partial charge on any atom is 0.323 e. The quantitative estimate of drug-likeness (QED) is 0.303. The van der Waals surface area contributed by atoms with Gasteiger partial charge in [0.15, 0.2) is 0 Å². The maximum atomic E-state index is 13.5. The van der Waals surface area contributed by atoms with Gasteiger partial charge < -0.3 is 30.1 Å². The number of sulfonamides is 1. The molecule has 244 valence electrons. The highest BCUT2D eigenvalue weighted by Crippen LogP contribution is 2.31. The minimum absolute atomic E-state index is 0.0161. The number of hydrogen-bond acceptors (Lipinski definition) is 8. The topological polar surface area (TPSA) is 161 Å². The number of hydrogen-bond donors (Lipinski definition) is 3. The summed E-state index contributed by atoms with van der Waals surface area (Å²) in [6.45, 7) is 3.47. The summed E-state index contributed by atoms with van der Waals surface area (Å²) in [7, 11) is -1.11. The van der Waals surface area contributed by atoms with E-state index in [1.165, 1.54) is 36.7 Å². The first kappa shape index (κ1) is 34.5. The van der Waals surface area contributed by atoms with Crippen molar-refractivity contribution in [2.45, 2.75) is 37.3 Å². The number of likely N-dealkylation sites (N-methyl/N-ethyl adjacent to an activating group) is 1. The lowest BCUT2D eigenvalue weighted by molar-refractivity contribution is -0.134. The molecule has 4 rings (SSSR count). The summed E-state index contributed by atoms with van der Waals surface area (Å²) in [5.41, 5.74) is 1.81. The molecule has 0 aromatic heterocycles. The average Bonchev–Trinajstić information content (AvgIpc) is 3.08. The van der Waals surface area contributed by atoms with Crippen LogP contribution in [0.3, 0.4) is 0 Å². The van der Waals surface area contributed by atoms with Gasteiger partial charge in [-0.1, -0.05) is 18.5 Å².